The molecule has 1 aliphatic rings. The number of carbonyl (C=O) groups is 1. The predicted octanol–water partition coefficient (Wildman–Crippen LogP) is 3.12. The van der Waals surface area contributed by atoms with Gasteiger partial charge < -0.3 is 4.74 Å². The summed E-state index contributed by atoms with van der Waals surface area (Å²) in [6.07, 6.45) is 1.79. The summed E-state index contributed by atoms with van der Waals surface area (Å²) in [5, 5.41) is 2.52. The third-order valence-corrected chi connectivity index (χ3v) is 6.53. The summed E-state index contributed by atoms with van der Waals surface area (Å²) < 4.78 is 7.08. The number of nitrogens with zero attached hydrogens (tertiary/aromatic N) is 2. The Bertz CT molecular complexity index is 1270. The molecule has 0 aliphatic carbocycles. The molecule has 2 aromatic heterocycles. The zero-order valence-corrected chi connectivity index (χ0v) is 17.4. The minimum absolute atomic E-state index is 0.198. The maximum Gasteiger partial charge on any atom is 0.338 e. The van der Waals surface area contributed by atoms with Gasteiger partial charge in [-0.15, -0.1) is 11.3 Å². The van der Waals surface area contributed by atoms with Crippen LogP contribution in [-0.4, -0.2) is 17.6 Å². The molecule has 0 fully saturated rings. The third-order valence-electron chi connectivity index (χ3n) is 4.39. The molecule has 0 saturated heterocycles. The lowest BCUT2D eigenvalue weighted by atomic mass is 10.0. The van der Waals surface area contributed by atoms with E-state index in [2.05, 4.69) is 4.99 Å². The van der Waals surface area contributed by atoms with Crippen molar-refractivity contribution in [3.63, 3.8) is 0 Å². The third kappa shape index (κ3) is 3.26. The van der Waals surface area contributed by atoms with E-state index in [-0.39, 0.29) is 5.56 Å². The number of allylic oxidation sites excluding steroid dienone is 1. The normalized spacial score (nSPS) is 16.7. The number of esters is 1. The lowest BCUT2D eigenvalue weighted by molar-refractivity contribution is -0.136. The maximum absolute atomic E-state index is 13.3. The van der Waals surface area contributed by atoms with E-state index in [0.717, 1.165) is 10.4 Å². The molecule has 8 heteroatoms. The Hall–Kier alpha value is -2.48. The summed E-state index contributed by atoms with van der Waals surface area (Å²) in [5.41, 5.74) is 1.57. The Labute approximate surface area is 173 Å². The van der Waals surface area contributed by atoms with Crippen molar-refractivity contribution in [1.29, 1.82) is 0 Å². The van der Waals surface area contributed by atoms with Crippen LogP contribution < -0.4 is 14.9 Å². The van der Waals surface area contributed by atoms with E-state index in [0.29, 0.717) is 25.6 Å². The molecule has 0 amide bonds. The topological polar surface area (TPSA) is 60.7 Å². The molecule has 4 rings (SSSR count). The highest BCUT2D eigenvalue weighted by molar-refractivity contribution is 7.10. The van der Waals surface area contributed by atoms with Crippen LogP contribution in [0.2, 0.25) is 5.02 Å². The van der Waals surface area contributed by atoms with Crippen LogP contribution in [0.3, 0.4) is 0 Å². The van der Waals surface area contributed by atoms with Crippen molar-refractivity contribution in [2.45, 2.75) is 13.0 Å². The molecule has 1 unspecified atom stereocenters. The average Bonchev–Trinajstić information content (AvgIpc) is 3.29. The second kappa shape index (κ2) is 7.50. The Morgan fingerprint density at radius 3 is 2.82 bits per heavy atom. The molecule has 142 valence electrons. The number of benzene rings is 1. The zero-order valence-electron chi connectivity index (χ0n) is 15.0. The molecule has 0 N–H and O–H groups in total. The molecule has 0 radical (unpaired) electrons. The van der Waals surface area contributed by atoms with E-state index < -0.39 is 12.0 Å². The van der Waals surface area contributed by atoms with Crippen molar-refractivity contribution in [2.24, 2.45) is 4.99 Å². The molecule has 3 heterocycles. The van der Waals surface area contributed by atoms with Gasteiger partial charge in [-0.3, -0.25) is 9.36 Å². The molecule has 0 bridgehead atoms. The molecule has 1 atom stereocenters. The van der Waals surface area contributed by atoms with E-state index in [1.54, 1.807) is 29.7 Å². The van der Waals surface area contributed by atoms with Crippen LogP contribution in [0.1, 0.15) is 23.4 Å². The van der Waals surface area contributed by atoms with E-state index in [4.69, 9.17) is 16.3 Å². The first-order chi connectivity index (χ1) is 13.5. The number of thiazole rings is 1. The number of aromatic nitrogens is 1. The van der Waals surface area contributed by atoms with Gasteiger partial charge >= 0.3 is 5.97 Å². The zero-order chi connectivity index (χ0) is 19.8. The smallest absolute Gasteiger partial charge is 0.338 e. The molecule has 5 nitrogen and oxygen atoms in total. The summed E-state index contributed by atoms with van der Waals surface area (Å²) in [6.45, 7) is 1.76. The van der Waals surface area contributed by atoms with Crippen LogP contribution in [0.5, 0.6) is 0 Å². The second-order valence-electron chi connectivity index (χ2n) is 6.14. The summed E-state index contributed by atoms with van der Waals surface area (Å²) >= 11 is 8.83. The van der Waals surface area contributed by atoms with E-state index in [9.17, 15) is 9.59 Å². The lowest BCUT2D eigenvalue weighted by Crippen LogP contribution is -2.39. The number of ether oxygens (including phenoxy) is 1. The SMILES string of the molecule is COC(=O)C1=C(C)N=c2s/c(=C\c3cccc(Cl)c3)c(=O)n2C1c1cccs1. The van der Waals surface area contributed by atoms with Gasteiger partial charge in [0.15, 0.2) is 4.80 Å². The van der Waals surface area contributed by atoms with Crippen molar-refractivity contribution in [3.8, 4) is 0 Å². The van der Waals surface area contributed by atoms with E-state index in [1.807, 2.05) is 29.6 Å². The highest BCUT2D eigenvalue weighted by Gasteiger charge is 2.33. The molecule has 1 aromatic carbocycles. The van der Waals surface area contributed by atoms with Gasteiger partial charge in [0.25, 0.3) is 5.56 Å². The van der Waals surface area contributed by atoms with E-state index >= 15 is 0 Å². The van der Waals surface area contributed by atoms with Crippen LogP contribution in [0.4, 0.5) is 0 Å². The number of rotatable bonds is 3. The van der Waals surface area contributed by atoms with Crippen molar-refractivity contribution in [2.75, 3.05) is 7.11 Å². The molecular formula is C20H15ClN2O3S2. The first-order valence-electron chi connectivity index (χ1n) is 8.39. The summed E-state index contributed by atoms with van der Waals surface area (Å²) in [6, 6.07) is 10.5. The number of methoxy groups -OCH3 is 1. The number of carbonyl (C=O) groups excluding carboxylic acids is 1. The second-order valence-corrected chi connectivity index (χ2v) is 8.57. The summed E-state index contributed by atoms with van der Waals surface area (Å²) in [4.78, 5) is 31.7. The maximum atomic E-state index is 13.3. The lowest BCUT2D eigenvalue weighted by Gasteiger charge is -2.22. The molecule has 3 aromatic rings. The van der Waals surface area contributed by atoms with Gasteiger partial charge in [-0.25, -0.2) is 9.79 Å². The van der Waals surface area contributed by atoms with Gasteiger partial charge in [0.05, 0.1) is 22.9 Å². The van der Waals surface area contributed by atoms with Gasteiger partial charge in [-0.2, -0.15) is 0 Å². The summed E-state index contributed by atoms with van der Waals surface area (Å²) in [5.74, 6) is -0.483. The highest BCUT2D eigenvalue weighted by atomic mass is 35.5. The minimum atomic E-state index is -0.551. The molecule has 28 heavy (non-hydrogen) atoms. The van der Waals surface area contributed by atoms with Crippen LogP contribution in [0.25, 0.3) is 6.08 Å². The molecule has 0 spiro atoms. The average molecular weight is 431 g/mol. The number of hydrogen-bond acceptors (Lipinski definition) is 6. The van der Waals surface area contributed by atoms with Crippen LogP contribution >= 0.6 is 34.3 Å². The van der Waals surface area contributed by atoms with Crippen molar-refractivity contribution in [1.82, 2.24) is 4.57 Å². The van der Waals surface area contributed by atoms with Crippen molar-refractivity contribution < 1.29 is 9.53 Å². The highest BCUT2D eigenvalue weighted by Crippen LogP contribution is 2.32. The predicted molar refractivity (Wildman–Crippen MR) is 112 cm³/mol. The van der Waals surface area contributed by atoms with Crippen molar-refractivity contribution >= 4 is 46.3 Å². The fourth-order valence-electron chi connectivity index (χ4n) is 3.16. The molecule has 0 saturated carbocycles. The minimum Gasteiger partial charge on any atom is -0.466 e. The molecular weight excluding hydrogens is 416 g/mol. The Morgan fingerprint density at radius 1 is 1.32 bits per heavy atom. The fourth-order valence-corrected chi connectivity index (χ4v) is 5.23. The van der Waals surface area contributed by atoms with Gasteiger partial charge in [0.2, 0.25) is 0 Å². The summed E-state index contributed by atoms with van der Waals surface area (Å²) in [7, 11) is 1.33. The standard InChI is InChI=1S/C20H15ClN2O3S2/c1-11-16(19(25)26-2)17(14-7-4-8-27-14)23-18(24)15(28-20(23)22-11)10-12-5-3-6-13(21)9-12/h3-10,17H,1-2H3/b15-10-. The number of halogens is 1. The first-order valence-corrected chi connectivity index (χ1v) is 10.5. The number of fused-ring (bicyclic) bond motifs is 1. The first kappa shape index (κ1) is 18.9. The Morgan fingerprint density at radius 2 is 2.14 bits per heavy atom. The quantitative estimate of drug-likeness (QED) is 0.600. The van der Waals surface area contributed by atoms with Crippen molar-refractivity contribution in [3.05, 3.63) is 88.2 Å². The van der Waals surface area contributed by atoms with Gasteiger partial charge in [-0.1, -0.05) is 41.1 Å². The van der Waals surface area contributed by atoms with Crippen LogP contribution in [0.15, 0.2) is 62.8 Å². The van der Waals surface area contributed by atoms with Crippen LogP contribution in [-0.2, 0) is 9.53 Å². The largest absolute Gasteiger partial charge is 0.466 e. The number of hydrogen-bond donors (Lipinski definition) is 0. The van der Waals surface area contributed by atoms with E-state index in [1.165, 1.54) is 29.8 Å². The van der Waals surface area contributed by atoms with Crippen LogP contribution in [0, 0.1) is 0 Å². The number of thiophene rings is 1. The monoisotopic (exact) mass is 430 g/mol. The Balaban J connectivity index is 1.97. The fraction of sp³-hybridized carbons (Fsp3) is 0.150. The molecule has 1 aliphatic heterocycles. The van der Waals surface area contributed by atoms with Gasteiger partial charge in [0.1, 0.15) is 6.04 Å². The van der Waals surface area contributed by atoms with Gasteiger partial charge in [0, 0.05) is 9.90 Å². The van der Waals surface area contributed by atoms with Gasteiger partial charge in [-0.05, 0) is 42.1 Å². The Kier molecular flexibility index (Phi) is 5.05.